The van der Waals surface area contributed by atoms with E-state index in [0.717, 1.165) is 20.1 Å². The number of halogens is 1. The van der Waals surface area contributed by atoms with Crippen LogP contribution in [0, 0.1) is 0 Å². The zero-order valence-electron chi connectivity index (χ0n) is 9.98. The third-order valence-corrected chi connectivity index (χ3v) is 4.12. The fraction of sp³-hybridized carbons (Fsp3) is 0.167. The summed E-state index contributed by atoms with van der Waals surface area (Å²) in [7, 11) is 3.45. The standard InChI is InChI=1S/C12H12BrN3OS/c1-14-12-15-7-8(13)11(16-12)18-10-6-4-3-5-9(10)17-2/h3-7H,1-2H3,(H,14,15,16). The Hall–Kier alpha value is -1.27. The lowest BCUT2D eigenvalue weighted by Crippen LogP contribution is -1.97. The van der Waals surface area contributed by atoms with Gasteiger partial charge in [-0.05, 0) is 28.1 Å². The van der Waals surface area contributed by atoms with Crippen LogP contribution in [0.3, 0.4) is 0 Å². The second-order valence-corrected chi connectivity index (χ2v) is 5.23. The third kappa shape index (κ3) is 2.94. The van der Waals surface area contributed by atoms with Crippen LogP contribution in [-0.2, 0) is 0 Å². The number of anilines is 1. The summed E-state index contributed by atoms with van der Waals surface area (Å²) in [4.78, 5) is 9.54. The summed E-state index contributed by atoms with van der Waals surface area (Å²) in [5.74, 6) is 1.43. The number of nitrogens with zero attached hydrogens (tertiary/aromatic N) is 2. The molecule has 0 aliphatic carbocycles. The highest BCUT2D eigenvalue weighted by atomic mass is 79.9. The number of ether oxygens (including phenoxy) is 1. The molecule has 4 nitrogen and oxygen atoms in total. The van der Waals surface area contributed by atoms with E-state index in [2.05, 4.69) is 31.2 Å². The molecular weight excluding hydrogens is 314 g/mol. The molecule has 0 aliphatic heterocycles. The molecule has 0 saturated carbocycles. The Labute approximate surface area is 118 Å². The quantitative estimate of drug-likeness (QED) is 0.872. The van der Waals surface area contributed by atoms with Crippen molar-refractivity contribution in [1.82, 2.24) is 9.97 Å². The van der Waals surface area contributed by atoms with Crippen molar-refractivity contribution in [3.8, 4) is 5.75 Å². The molecule has 0 fully saturated rings. The van der Waals surface area contributed by atoms with Crippen LogP contribution in [0.1, 0.15) is 0 Å². The molecular formula is C12H12BrN3OS. The summed E-state index contributed by atoms with van der Waals surface area (Å²) >= 11 is 4.98. The minimum absolute atomic E-state index is 0.593. The predicted octanol–water partition coefficient (Wildman–Crippen LogP) is 3.44. The van der Waals surface area contributed by atoms with Crippen molar-refractivity contribution in [2.45, 2.75) is 9.92 Å². The van der Waals surface area contributed by atoms with Gasteiger partial charge in [0.15, 0.2) is 0 Å². The van der Waals surface area contributed by atoms with Crippen LogP contribution in [-0.4, -0.2) is 24.1 Å². The first kappa shape index (κ1) is 13.2. The molecule has 1 heterocycles. The first-order chi connectivity index (χ1) is 8.74. The van der Waals surface area contributed by atoms with E-state index in [0.29, 0.717) is 5.95 Å². The van der Waals surface area contributed by atoms with Crippen molar-refractivity contribution in [1.29, 1.82) is 0 Å². The first-order valence-electron chi connectivity index (χ1n) is 5.25. The summed E-state index contributed by atoms with van der Waals surface area (Å²) in [5, 5.41) is 3.77. The topological polar surface area (TPSA) is 47.0 Å². The van der Waals surface area contributed by atoms with Crippen LogP contribution in [0.2, 0.25) is 0 Å². The SMILES string of the molecule is CNc1ncc(Br)c(Sc2ccccc2OC)n1. The average molecular weight is 326 g/mol. The summed E-state index contributed by atoms with van der Waals surface area (Å²) in [5.41, 5.74) is 0. The fourth-order valence-corrected chi connectivity index (χ4v) is 2.67. The molecule has 1 aromatic heterocycles. The van der Waals surface area contributed by atoms with Crippen molar-refractivity contribution in [3.63, 3.8) is 0 Å². The molecule has 0 atom stereocenters. The summed E-state index contributed by atoms with van der Waals surface area (Å²) in [6.45, 7) is 0. The van der Waals surface area contributed by atoms with Gasteiger partial charge in [-0.25, -0.2) is 9.97 Å². The van der Waals surface area contributed by atoms with Gasteiger partial charge in [0, 0.05) is 13.2 Å². The zero-order valence-corrected chi connectivity index (χ0v) is 12.4. The van der Waals surface area contributed by atoms with E-state index >= 15 is 0 Å². The van der Waals surface area contributed by atoms with E-state index in [1.165, 1.54) is 11.8 Å². The number of aromatic nitrogens is 2. The summed E-state index contributed by atoms with van der Waals surface area (Å²) < 4.78 is 6.18. The minimum Gasteiger partial charge on any atom is -0.496 e. The Morgan fingerprint density at radius 3 is 2.83 bits per heavy atom. The maximum atomic E-state index is 5.32. The van der Waals surface area contributed by atoms with E-state index in [1.807, 2.05) is 24.3 Å². The molecule has 1 aromatic carbocycles. The maximum absolute atomic E-state index is 5.32. The number of hydrogen-bond acceptors (Lipinski definition) is 5. The van der Waals surface area contributed by atoms with Crippen LogP contribution in [0.15, 0.2) is 44.9 Å². The number of hydrogen-bond donors (Lipinski definition) is 1. The molecule has 0 amide bonds. The molecule has 0 bridgehead atoms. The van der Waals surface area contributed by atoms with Gasteiger partial charge in [0.1, 0.15) is 10.8 Å². The Morgan fingerprint density at radius 2 is 2.11 bits per heavy atom. The maximum Gasteiger partial charge on any atom is 0.223 e. The molecule has 0 saturated heterocycles. The molecule has 18 heavy (non-hydrogen) atoms. The average Bonchev–Trinajstić information content (AvgIpc) is 2.42. The van der Waals surface area contributed by atoms with Gasteiger partial charge in [-0.3, -0.25) is 0 Å². The number of nitrogens with one attached hydrogen (secondary N) is 1. The van der Waals surface area contributed by atoms with Gasteiger partial charge in [0.2, 0.25) is 5.95 Å². The van der Waals surface area contributed by atoms with Gasteiger partial charge >= 0.3 is 0 Å². The van der Waals surface area contributed by atoms with E-state index < -0.39 is 0 Å². The number of benzene rings is 1. The Balaban J connectivity index is 2.33. The molecule has 0 aliphatic rings. The van der Waals surface area contributed by atoms with E-state index in [4.69, 9.17) is 4.74 Å². The Bertz CT molecular complexity index is 551. The van der Waals surface area contributed by atoms with Gasteiger partial charge in [0.05, 0.1) is 16.5 Å². The van der Waals surface area contributed by atoms with Crippen LogP contribution >= 0.6 is 27.7 Å². The molecule has 0 radical (unpaired) electrons. The predicted molar refractivity (Wildman–Crippen MR) is 76.4 cm³/mol. The van der Waals surface area contributed by atoms with Gasteiger partial charge < -0.3 is 10.1 Å². The number of para-hydroxylation sites is 1. The molecule has 1 N–H and O–H groups in total. The van der Waals surface area contributed by atoms with Gasteiger partial charge in [0.25, 0.3) is 0 Å². The number of methoxy groups -OCH3 is 1. The van der Waals surface area contributed by atoms with Crippen molar-refractivity contribution in [2.24, 2.45) is 0 Å². The third-order valence-electron chi connectivity index (χ3n) is 2.21. The zero-order chi connectivity index (χ0) is 13.0. The monoisotopic (exact) mass is 325 g/mol. The normalized spacial score (nSPS) is 10.2. The lowest BCUT2D eigenvalue weighted by atomic mass is 10.3. The van der Waals surface area contributed by atoms with Crippen LogP contribution in [0.25, 0.3) is 0 Å². The van der Waals surface area contributed by atoms with Crippen molar-refractivity contribution in [3.05, 3.63) is 34.9 Å². The van der Waals surface area contributed by atoms with E-state index in [1.54, 1.807) is 20.4 Å². The van der Waals surface area contributed by atoms with E-state index in [9.17, 15) is 0 Å². The smallest absolute Gasteiger partial charge is 0.223 e. The van der Waals surface area contributed by atoms with Gasteiger partial charge in [-0.15, -0.1) is 0 Å². The summed E-state index contributed by atoms with van der Waals surface area (Å²) in [6, 6.07) is 7.84. The highest BCUT2D eigenvalue weighted by Gasteiger charge is 2.09. The molecule has 2 aromatic rings. The van der Waals surface area contributed by atoms with Gasteiger partial charge in [-0.2, -0.15) is 0 Å². The lowest BCUT2D eigenvalue weighted by Gasteiger charge is -2.08. The second kappa shape index (κ2) is 6.06. The number of rotatable bonds is 4. The highest BCUT2D eigenvalue weighted by Crippen LogP contribution is 2.37. The van der Waals surface area contributed by atoms with Gasteiger partial charge in [-0.1, -0.05) is 23.9 Å². The van der Waals surface area contributed by atoms with Crippen molar-refractivity contribution < 1.29 is 4.74 Å². The molecule has 0 unspecified atom stereocenters. The van der Waals surface area contributed by atoms with Crippen LogP contribution < -0.4 is 10.1 Å². The van der Waals surface area contributed by atoms with Crippen LogP contribution in [0.5, 0.6) is 5.75 Å². The second-order valence-electron chi connectivity index (χ2n) is 3.35. The summed E-state index contributed by atoms with van der Waals surface area (Å²) in [6.07, 6.45) is 1.73. The lowest BCUT2D eigenvalue weighted by molar-refractivity contribution is 0.405. The Morgan fingerprint density at radius 1 is 1.33 bits per heavy atom. The Kier molecular flexibility index (Phi) is 4.43. The molecule has 0 spiro atoms. The first-order valence-corrected chi connectivity index (χ1v) is 6.86. The fourth-order valence-electron chi connectivity index (χ4n) is 1.35. The molecule has 94 valence electrons. The van der Waals surface area contributed by atoms with Crippen LogP contribution in [0.4, 0.5) is 5.95 Å². The van der Waals surface area contributed by atoms with E-state index in [-0.39, 0.29) is 0 Å². The minimum atomic E-state index is 0.593. The van der Waals surface area contributed by atoms with Crippen molar-refractivity contribution in [2.75, 3.05) is 19.5 Å². The molecule has 6 heteroatoms. The van der Waals surface area contributed by atoms with Crippen molar-refractivity contribution >= 4 is 33.6 Å². The highest BCUT2D eigenvalue weighted by molar-refractivity contribution is 9.10. The molecule has 2 rings (SSSR count). The largest absolute Gasteiger partial charge is 0.496 e.